The van der Waals surface area contributed by atoms with Crippen LogP contribution in [0.25, 0.3) is 10.2 Å². The van der Waals surface area contributed by atoms with Gasteiger partial charge in [-0.25, -0.2) is 0 Å². The molecule has 1 saturated heterocycles. The van der Waals surface area contributed by atoms with Crippen LogP contribution in [0.4, 0.5) is 5.69 Å². The zero-order valence-corrected chi connectivity index (χ0v) is 17.7. The minimum Gasteiger partial charge on any atom is -0.369 e. The van der Waals surface area contributed by atoms with E-state index in [4.69, 9.17) is 0 Å². The molecule has 1 aliphatic rings. The second kappa shape index (κ2) is 7.97. The molecule has 28 heavy (non-hydrogen) atoms. The van der Waals surface area contributed by atoms with E-state index in [0.29, 0.717) is 6.54 Å². The number of nitrogens with zero attached hydrogens (tertiary/aromatic N) is 3. The number of piperazine rings is 1. The van der Waals surface area contributed by atoms with Gasteiger partial charge in [-0.1, -0.05) is 12.1 Å². The van der Waals surface area contributed by atoms with Crippen molar-refractivity contribution in [2.75, 3.05) is 44.2 Å². The van der Waals surface area contributed by atoms with E-state index >= 15 is 0 Å². The lowest BCUT2D eigenvalue weighted by Gasteiger charge is -2.37. The van der Waals surface area contributed by atoms with E-state index in [1.807, 2.05) is 17.7 Å². The van der Waals surface area contributed by atoms with E-state index in [-0.39, 0.29) is 5.91 Å². The van der Waals surface area contributed by atoms with Crippen molar-refractivity contribution < 1.29 is 4.79 Å². The van der Waals surface area contributed by atoms with Gasteiger partial charge in [-0.3, -0.25) is 9.69 Å². The van der Waals surface area contributed by atoms with E-state index in [9.17, 15) is 4.79 Å². The lowest BCUT2D eigenvalue weighted by Crippen LogP contribution is -2.48. The molecular weight excluding hydrogens is 368 g/mol. The smallest absolute Gasteiger partial charge is 0.268 e. The molecule has 0 saturated carbocycles. The van der Waals surface area contributed by atoms with Gasteiger partial charge in [-0.2, -0.15) is 0 Å². The van der Waals surface area contributed by atoms with Crippen LogP contribution in [0.5, 0.6) is 0 Å². The van der Waals surface area contributed by atoms with E-state index < -0.39 is 0 Å². The molecule has 1 aromatic carbocycles. The van der Waals surface area contributed by atoms with Crippen LogP contribution in [-0.2, 0) is 7.05 Å². The summed E-state index contributed by atoms with van der Waals surface area (Å²) in [5, 5.41) is 5.15. The van der Waals surface area contributed by atoms with Crippen LogP contribution < -0.4 is 10.2 Å². The van der Waals surface area contributed by atoms with Gasteiger partial charge < -0.3 is 14.8 Å². The van der Waals surface area contributed by atoms with Crippen molar-refractivity contribution in [3.8, 4) is 0 Å². The highest BCUT2D eigenvalue weighted by atomic mass is 32.1. The third-order valence-corrected chi connectivity index (χ3v) is 6.75. The average Bonchev–Trinajstić information content (AvgIpc) is 3.28. The van der Waals surface area contributed by atoms with Crippen molar-refractivity contribution in [2.45, 2.75) is 13.8 Å². The molecule has 3 aromatic rings. The van der Waals surface area contributed by atoms with Crippen molar-refractivity contribution in [3.63, 3.8) is 0 Å². The zero-order valence-electron chi connectivity index (χ0n) is 16.9. The predicted molar refractivity (Wildman–Crippen MR) is 118 cm³/mol. The Labute approximate surface area is 170 Å². The molecule has 0 spiro atoms. The highest BCUT2D eigenvalue weighted by Gasteiger charge is 2.19. The molecule has 3 heterocycles. The molecular formula is C22H28N4OS. The number of amides is 1. The maximum Gasteiger partial charge on any atom is 0.268 e. The SMILES string of the molecule is Cc1cccc(N2CCN(CCNC(=O)c3cc4sccc4n3C)CC2)c1C. The van der Waals surface area contributed by atoms with Crippen LogP contribution in [-0.4, -0.2) is 54.6 Å². The summed E-state index contributed by atoms with van der Waals surface area (Å²) in [5.74, 6) is 0.0138. The second-order valence-electron chi connectivity index (χ2n) is 7.56. The summed E-state index contributed by atoms with van der Waals surface area (Å²) in [6.45, 7) is 10.1. The van der Waals surface area contributed by atoms with Gasteiger partial charge in [0.1, 0.15) is 5.69 Å². The molecule has 4 rings (SSSR count). The van der Waals surface area contributed by atoms with Crippen molar-refractivity contribution in [2.24, 2.45) is 7.05 Å². The summed E-state index contributed by atoms with van der Waals surface area (Å²) in [7, 11) is 1.95. The third kappa shape index (κ3) is 3.66. The summed E-state index contributed by atoms with van der Waals surface area (Å²) < 4.78 is 3.14. The summed E-state index contributed by atoms with van der Waals surface area (Å²) in [5.41, 5.74) is 5.95. The molecule has 0 unspecified atom stereocenters. The number of aromatic nitrogens is 1. The van der Waals surface area contributed by atoms with Gasteiger partial charge in [-0.15, -0.1) is 11.3 Å². The minimum absolute atomic E-state index is 0.0138. The van der Waals surface area contributed by atoms with Crippen LogP contribution in [0.1, 0.15) is 21.6 Å². The van der Waals surface area contributed by atoms with E-state index in [2.05, 4.69) is 58.6 Å². The number of thiophene rings is 1. The molecule has 0 atom stereocenters. The molecule has 0 radical (unpaired) electrons. The Balaban J connectivity index is 1.26. The Morgan fingerprint density at radius 1 is 1.14 bits per heavy atom. The Morgan fingerprint density at radius 3 is 2.68 bits per heavy atom. The molecule has 2 aromatic heterocycles. The van der Waals surface area contributed by atoms with Gasteiger partial charge in [0, 0.05) is 52.0 Å². The standard InChI is InChI=1S/C22H28N4OS/c1-16-5-4-6-18(17(16)2)26-12-10-25(11-13-26)9-8-23-22(27)20-15-21-19(24(20)3)7-14-28-21/h4-7,14-15H,8-13H2,1-3H3,(H,23,27). The van der Waals surface area contributed by atoms with Gasteiger partial charge >= 0.3 is 0 Å². The average molecular weight is 397 g/mol. The Kier molecular flexibility index (Phi) is 5.42. The maximum atomic E-state index is 12.5. The quantitative estimate of drug-likeness (QED) is 0.719. The normalized spacial score (nSPS) is 15.3. The lowest BCUT2D eigenvalue weighted by molar-refractivity contribution is 0.0940. The highest BCUT2D eigenvalue weighted by molar-refractivity contribution is 7.17. The Bertz CT molecular complexity index is 982. The maximum absolute atomic E-state index is 12.5. The molecule has 1 fully saturated rings. The number of benzene rings is 1. The first kappa shape index (κ1) is 19.0. The number of hydrogen-bond donors (Lipinski definition) is 1. The van der Waals surface area contributed by atoms with Crippen molar-refractivity contribution in [3.05, 3.63) is 52.5 Å². The number of anilines is 1. The van der Waals surface area contributed by atoms with E-state index in [1.165, 1.54) is 16.8 Å². The van der Waals surface area contributed by atoms with Gasteiger partial charge in [0.15, 0.2) is 0 Å². The van der Waals surface area contributed by atoms with Crippen molar-refractivity contribution in [1.82, 2.24) is 14.8 Å². The fourth-order valence-corrected chi connectivity index (χ4v) is 4.83. The van der Waals surface area contributed by atoms with Gasteiger partial charge in [0.2, 0.25) is 0 Å². The molecule has 5 nitrogen and oxygen atoms in total. The van der Waals surface area contributed by atoms with Crippen LogP contribution in [0, 0.1) is 13.8 Å². The number of carbonyl (C=O) groups excluding carboxylic acids is 1. The topological polar surface area (TPSA) is 40.5 Å². The summed E-state index contributed by atoms with van der Waals surface area (Å²) in [6.07, 6.45) is 0. The van der Waals surface area contributed by atoms with Crippen LogP contribution in [0.3, 0.4) is 0 Å². The molecule has 0 bridgehead atoms. The molecule has 6 heteroatoms. The van der Waals surface area contributed by atoms with Crippen molar-refractivity contribution in [1.29, 1.82) is 0 Å². The summed E-state index contributed by atoms with van der Waals surface area (Å²) >= 11 is 1.67. The predicted octanol–water partition coefficient (Wildman–Crippen LogP) is 3.41. The Hall–Kier alpha value is -2.31. The molecule has 1 aliphatic heterocycles. The fourth-order valence-electron chi connectivity index (χ4n) is 3.98. The Morgan fingerprint density at radius 2 is 1.93 bits per heavy atom. The first-order valence-electron chi connectivity index (χ1n) is 9.89. The number of rotatable bonds is 5. The lowest BCUT2D eigenvalue weighted by atomic mass is 10.1. The van der Waals surface area contributed by atoms with Crippen LogP contribution in [0.15, 0.2) is 35.7 Å². The van der Waals surface area contributed by atoms with Gasteiger partial charge in [0.05, 0.1) is 10.2 Å². The largest absolute Gasteiger partial charge is 0.369 e. The number of fused-ring (bicyclic) bond motifs is 1. The molecule has 0 aliphatic carbocycles. The number of nitrogens with one attached hydrogen (secondary N) is 1. The molecule has 1 amide bonds. The molecule has 148 valence electrons. The number of carbonyl (C=O) groups is 1. The van der Waals surface area contributed by atoms with Crippen molar-refractivity contribution >= 4 is 33.1 Å². The fraction of sp³-hybridized carbons (Fsp3) is 0.409. The van der Waals surface area contributed by atoms with Gasteiger partial charge in [-0.05, 0) is 48.6 Å². The first-order chi connectivity index (χ1) is 13.5. The zero-order chi connectivity index (χ0) is 19.7. The van der Waals surface area contributed by atoms with Crippen LogP contribution in [0.2, 0.25) is 0 Å². The number of hydrogen-bond acceptors (Lipinski definition) is 4. The summed E-state index contributed by atoms with van der Waals surface area (Å²) in [6, 6.07) is 10.6. The van der Waals surface area contributed by atoms with E-state index in [1.54, 1.807) is 11.3 Å². The van der Waals surface area contributed by atoms with Crippen LogP contribution >= 0.6 is 11.3 Å². The monoisotopic (exact) mass is 396 g/mol. The highest BCUT2D eigenvalue weighted by Crippen LogP contribution is 2.25. The molecule has 1 N–H and O–H groups in total. The van der Waals surface area contributed by atoms with Gasteiger partial charge in [0.25, 0.3) is 5.91 Å². The second-order valence-corrected chi connectivity index (χ2v) is 8.51. The minimum atomic E-state index is 0.0138. The first-order valence-corrected chi connectivity index (χ1v) is 10.8. The van der Waals surface area contributed by atoms with E-state index in [0.717, 1.165) is 48.6 Å². The third-order valence-electron chi connectivity index (χ3n) is 5.90. The number of aryl methyl sites for hydroxylation is 2. The summed E-state index contributed by atoms with van der Waals surface area (Å²) in [4.78, 5) is 17.4.